The summed E-state index contributed by atoms with van der Waals surface area (Å²) in [7, 11) is 0. The highest BCUT2D eigenvalue weighted by molar-refractivity contribution is 5.91. The van der Waals surface area contributed by atoms with Crippen molar-refractivity contribution in [2.75, 3.05) is 18.9 Å². The van der Waals surface area contributed by atoms with Gasteiger partial charge in [0.15, 0.2) is 0 Å². The highest BCUT2D eigenvalue weighted by atomic mass is 16.5. The van der Waals surface area contributed by atoms with Crippen LogP contribution in [0.5, 0.6) is 5.75 Å². The van der Waals surface area contributed by atoms with Gasteiger partial charge in [0.05, 0.1) is 18.4 Å². The fourth-order valence-electron chi connectivity index (χ4n) is 1.44. The summed E-state index contributed by atoms with van der Waals surface area (Å²) in [5.74, 6) is 0.328. The molecule has 1 amide bonds. The van der Waals surface area contributed by atoms with Crippen LogP contribution in [0, 0.1) is 0 Å². The Balaban J connectivity index is 1.76. The minimum Gasteiger partial charge on any atom is -0.490 e. The first kappa shape index (κ1) is 12.8. The first-order valence-corrected chi connectivity index (χ1v) is 5.79. The van der Waals surface area contributed by atoms with E-state index in [1.807, 2.05) is 12.1 Å². The van der Waals surface area contributed by atoms with Crippen LogP contribution in [0.4, 0.5) is 5.69 Å². The van der Waals surface area contributed by atoms with E-state index in [2.05, 4.69) is 15.3 Å². The quantitative estimate of drug-likeness (QED) is 0.613. The minimum atomic E-state index is -0.280. The Bertz CT molecular complexity index is 545. The number of nitrogens with two attached hydrogens (primary N) is 1. The van der Waals surface area contributed by atoms with Gasteiger partial charge < -0.3 is 15.8 Å². The number of ether oxygens (including phenoxy) is 1. The smallest absolute Gasteiger partial charge is 0.271 e. The number of hydrogen-bond acceptors (Lipinski definition) is 5. The number of nitrogen functional groups attached to an aromatic ring is 1. The molecule has 98 valence electrons. The van der Waals surface area contributed by atoms with Gasteiger partial charge in [-0.05, 0) is 12.1 Å². The van der Waals surface area contributed by atoms with Crippen LogP contribution in [0.2, 0.25) is 0 Å². The highest BCUT2D eigenvalue weighted by Gasteiger charge is 2.05. The molecule has 0 spiro atoms. The summed E-state index contributed by atoms with van der Waals surface area (Å²) in [6, 6.07) is 7.20. The van der Waals surface area contributed by atoms with Gasteiger partial charge in [-0.3, -0.25) is 9.78 Å². The Morgan fingerprint density at radius 1 is 1.32 bits per heavy atom. The molecule has 0 aliphatic carbocycles. The Labute approximate surface area is 110 Å². The lowest BCUT2D eigenvalue weighted by atomic mass is 10.3. The molecule has 2 rings (SSSR count). The molecule has 6 heteroatoms. The van der Waals surface area contributed by atoms with Crippen LogP contribution in [-0.4, -0.2) is 29.0 Å². The first-order chi connectivity index (χ1) is 9.27. The lowest BCUT2D eigenvalue weighted by molar-refractivity contribution is 0.0941. The number of aromatic nitrogens is 2. The van der Waals surface area contributed by atoms with E-state index in [1.165, 1.54) is 18.6 Å². The number of anilines is 1. The second kappa shape index (κ2) is 6.34. The average molecular weight is 258 g/mol. The van der Waals surface area contributed by atoms with E-state index >= 15 is 0 Å². The molecule has 0 unspecified atom stereocenters. The predicted octanol–water partition coefficient (Wildman–Crippen LogP) is 0.868. The van der Waals surface area contributed by atoms with Gasteiger partial charge in [0.1, 0.15) is 18.1 Å². The molecule has 1 heterocycles. The van der Waals surface area contributed by atoms with Crippen LogP contribution in [0.3, 0.4) is 0 Å². The Hall–Kier alpha value is -2.63. The molecule has 0 saturated carbocycles. The summed E-state index contributed by atoms with van der Waals surface area (Å²) in [5.41, 5.74) is 6.57. The number of amides is 1. The molecule has 3 N–H and O–H groups in total. The molecular formula is C13H14N4O2. The zero-order valence-corrected chi connectivity index (χ0v) is 10.2. The SMILES string of the molecule is Nc1ccccc1OCCNC(=O)c1cnccn1. The lowest BCUT2D eigenvalue weighted by Crippen LogP contribution is -2.28. The summed E-state index contributed by atoms with van der Waals surface area (Å²) in [5, 5.41) is 2.68. The van der Waals surface area contributed by atoms with Crippen molar-refractivity contribution in [2.45, 2.75) is 0 Å². The summed E-state index contributed by atoms with van der Waals surface area (Å²) >= 11 is 0. The van der Waals surface area contributed by atoms with E-state index in [0.29, 0.717) is 24.6 Å². The molecule has 0 radical (unpaired) electrons. The van der Waals surface area contributed by atoms with Crippen molar-refractivity contribution in [1.29, 1.82) is 0 Å². The van der Waals surface area contributed by atoms with Crippen LogP contribution in [0.1, 0.15) is 10.5 Å². The minimum absolute atomic E-state index is 0.279. The lowest BCUT2D eigenvalue weighted by Gasteiger charge is -2.09. The molecule has 0 aliphatic heterocycles. The molecule has 0 fully saturated rings. The van der Waals surface area contributed by atoms with Crippen LogP contribution in [0.15, 0.2) is 42.9 Å². The van der Waals surface area contributed by atoms with Crippen molar-refractivity contribution in [3.8, 4) is 5.75 Å². The van der Waals surface area contributed by atoms with Gasteiger partial charge in [-0.15, -0.1) is 0 Å². The van der Waals surface area contributed by atoms with Crippen molar-refractivity contribution < 1.29 is 9.53 Å². The number of hydrogen-bond donors (Lipinski definition) is 2. The van der Waals surface area contributed by atoms with E-state index in [-0.39, 0.29) is 11.6 Å². The number of para-hydroxylation sites is 2. The number of carbonyl (C=O) groups is 1. The topological polar surface area (TPSA) is 90.1 Å². The Morgan fingerprint density at radius 2 is 2.16 bits per heavy atom. The third-order valence-corrected chi connectivity index (χ3v) is 2.36. The van der Waals surface area contributed by atoms with E-state index in [1.54, 1.807) is 12.1 Å². The number of nitrogens with zero attached hydrogens (tertiary/aromatic N) is 2. The zero-order valence-electron chi connectivity index (χ0n) is 10.2. The van der Waals surface area contributed by atoms with Gasteiger partial charge in [-0.1, -0.05) is 12.1 Å². The maximum Gasteiger partial charge on any atom is 0.271 e. The van der Waals surface area contributed by atoms with Crippen LogP contribution in [-0.2, 0) is 0 Å². The molecule has 0 saturated heterocycles. The monoisotopic (exact) mass is 258 g/mol. The Kier molecular flexibility index (Phi) is 4.28. The van der Waals surface area contributed by atoms with Gasteiger partial charge in [0, 0.05) is 12.4 Å². The summed E-state index contributed by atoms with van der Waals surface area (Å²) in [6.45, 7) is 0.698. The van der Waals surface area contributed by atoms with Crippen LogP contribution >= 0.6 is 0 Å². The molecule has 2 aromatic rings. The van der Waals surface area contributed by atoms with Gasteiger partial charge in [-0.2, -0.15) is 0 Å². The van der Waals surface area contributed by atoms with E-state index < -0.39 is 0 Å². The van der Waals surface area contributed by atoms with Gasteiger partial charge in [-0.25, -0.2) is 4.98 Å². The summed E-state index contributed by atoms with van der Waals surface area (Å²) in [6.07, 6.45) is 4.39. The van der Waals surface area contributed by atoms with Crippen molar-refractivity contribution in [3.05, 3.63) is 48.5 Å². The van der Waals surface area contributed by atoms with E-state index in [0.717, 1.165) is 0 Å². The van der Waals surface area contributed by atoms with E-state index in [4.69, 9.17) is 10.5 Å². The zero-order chi connectivity index (χ0) is 13.5. The largest absolute Gasteiger partial charge is 0.490 e. The van der Waals surface area contributed by atoms with Crippen molar-refractivity contribution >= 4 is 11.6 Å². The molecule has 6 nitrogen and oxygen atoms in total. The first-order valence-electron chi connectivity index (χ1n) is 5.79. The molecule has 19 heavy (non-hydrogen) atoms. The maximum atomic E-state index is 11.6. The van der Waals surface area contributed by atoms with Gasteiger partial charge in [0.2, 0.25) is 0 Å². The number of benzene rings is 1. The second-order valence-corrected chi connectivity index (χ2v) is 3.73. The van der Waals surface area contributed by atoms with E-state index in [9.17, 15) is 4.79 Å². The third kappa shape index (κ3) is 3.67. The summed E-state index contributed by atoms with van der Waals surface area (Å²) in [4.78, 5) is 19.3. The maximum absolute atomic E-state index is 11.6. The fraction of sp³-hybridized carbons (Fsp3) is 0.154. The number of nitrogens with one attached hydrogen (secondary N) is 1. The van der Waals surface area contributed by atoms with Gasteiger partial charge >= 0.3 is 0 Å². The van der Waals surface area contributed by atoms with Gasteiger partial charge in [0.25, 0.3) is 5.91 Å². The van der Waals surface area contributed by atoms with Crippen molar-refractivity contribution in [1.82, 2.24) is 15.3 Å². The molecule has 0 aliphatic rings. The normalized spacial score (nSPS) is 9.89. The van der Waals surface area contributed by atoms with Crippen molar-refractivity contribution in [3.63, 3.8) is 0 Å². The second-order valence-electron chi connectivity index (χ2n) is 3.73. The van der Waals surface area contributed by atoms with Crippen LogP contribution < -0.4 is 15.8 Å². The number of carbonyl (C=O) groups excluding carboxylic acids is 1. The summed E-state index contributed by atoms with van der Waals surface area (Å²) < 4.78 is 5.45. The fourth-order valence-corrected chi connectivity index (χ4v) is 1.44. The van der Waals surface area contributed by atoms with Crippen molar-refractivity contribution in [2.24, 2.45) is 0 Å². The molecular weight excluding hydrogens is 244 g/mol. The number of rotatable bonds is 5. The molecule has 0 bridgehead atoms. The average Bonchev–Trinajstić information content (AvgIpc) is 2.46. The third-order valence-electron chi connectivity index (χ3n) is 2.36. The standard InChI is InChI=1S/C13H14N4O2/c14-10-3-1-2-4-12(10)19-8-7-17-13(18)11-9-15-5-6-16-11/h1-6,9H,7-8,14H2,(H,17,18). The molecule has 1 aromatic heterocycles. The highest BCUT2D eigenvalue weighted by Crippen LogP contribution is 2.19. The predicted molar refractivity (Wildman–Crippen MR) is 70.7 cm³/mol. The molecule has 1 aromatic carbocycles. The van der Waals surface area contributed by atoms with Crippen LogP contribution in [0.25, 0.3) is 0 Å². The Morgan fingerprint density at radius 3 is 2.89 bits per heavy atom. The molecule has 0 atom stereocenters.